The molecular weight excluding hydrogens is 678 g/mol. The molecule has 1 N–H and O–H groups in total. The van der Waals surface area contributed by atoms with Crippen molar-refractivity contribution in [2.75, 3.05) is 17.5 Å². The molecule has 0 fully saturated rings. The van der Waals surface area contributed by atoms with Crippen molar-refractivity contribution in [3.63, 3.8) is 0 Å². The molecule has 47 heavy (non-hydrogen) atoms. The number of amides is 2. The molecule has 0 spiro atoms. The van der Waals surface area contributed by atoms with Gasteiger partial charge in [0.25, 0.3) is 10.0 Å². The number of aryl methyl sites for hydroxylation is 1. The molecule has 4 aromatic carbocycles. The number of carbonyl (C=O) groups excluding carboxylic acids is 2. The minimum atomic E-state index is -4.26. The predicted molar refractivity (Wildman–Crippen MR) is 190 cm³/mol. The average Bonchev–Trinajstić information content (AvgIpc) is 3.02. The maximum absolute atomic E-state index is 14.7. The summed E-state index contributed by atoms with van der Waals surface area (Å²) in [6.45, 7) is 9.12. The van der Waals surface area contributed by atoms with Crippen molar-refractivity contribution in [1.29, 1.82) is 0 Å². The molecule has 4 rings (SSSR count). The van der Waals surface area contributed by atoms with E-state index in [-0.39, 0.29) is 29.5 Å². The second-order valence-electron chi connectivity index (χ2n) is 12.3. The molecule has 0 saturated carbocycles. The van der Waals surface area contributed by atoms with Gasteiger partial charge in [-0.2, -0.15) is 0 Å². The Bertz CT molecular complexity index is 1770. The highest BCUT2D eigenvalue weighted by molar-refractivity contribution is 9.10. The van der Waals surface area contributed by atoms with Gasteiger partial charge in [0.15, 0.2) is 0 Å². The zero-order valence-electron chi connectivity index (χ0n) is 27.4. The summed E-state index contributed by atoms with van der Waals surface area (Å²) in [4.78, 5) is 30.3. The Kier molecular flexibility index (Phi) is 11.9. The van der Waals surface area contributed by atoms with Crippen LogP contribution >= 0.6 is 15.9 Å². The fraction of sp³-hybridized carbons (Fsp3) is 0.297. The maximum Gasteiger partial charge on any atom is 0.264 e. The number of ether oxygens (including phenoxy) is 1. The van der Waals surface area contributed by atoms with E-state index >= 15 is 0 Å². The zero-order valence-corrected chi connectivity index (χ0v) is 29.8. The van der Waals surface area contributed by atoms with Gasteiger partial charge in [0.05, 0.1) is 17.2 Å². The van der Waals surface area contributed by atoms with E-state index in [2.05, 4.69) is 21.2 Å². The van der Waals surface area contributed by atoms with Gasteiger partial charge in [-0.15, -0.1) is 0 Å². The van der Waals surface area contributed by atoms with Crippen LogP contribution < -0.4 is 14.4 Å². The van der Waals surface area contributed by atoms with E-state index in [4.69, 9.17) is 4.74 Å². The Morgan fingerprint density at radius 2 is 1.51 bits per heavy atom. The van der Waals surface area contributed by atoms with E-state index in [0.717, 1.165) is 25.5 Å². The molecule has 0 heterocycles. The van der Waals surface area contributed by atoms with Gasteiger partial charge in [0, 0.05) is 23.0 Å². The quantitative estimate of drug-likeness (QED) is 0.162. The molecule has 0 radical (unpaired) electrons. The third-order valence-electron chi connectivity index (χ3n) is 7.33. The lowest BCUT2D eigenvalue weighted by Crippen LogP contribution is -2.56. The number of carbonyl (C=O) groups is 2. The molecule has 0 aliphatic rings. The van der Waals surface area contributed by atoms with Crippen molar-refractivity contribution in [3.8, 4) is 5.75 Å². The fourth-order valence-corrected chi connectivity index (χ4v) is 7.00. The number of rotatable bonds is 13. The van der Waals surface area contributed by atoms with Crippen LogP contribution in [0.3, 0.4) is 0 Å². The minimum absolute atomic E-state index is 0.0343. The van der Waals surface area contributed by atoms with Crippen molar-refractivity contribution in [1.82, 2.24) is 10.2 Å². The zero-order chi connectivity index (χ0) is 34.2. The summed E-state index contributed by atoms with van der Waals surface area (Å²) in [6, 6.07) is 29.3. The van der Waals surface area contributed by atoms with Crippen molar-refractivity contribution >= 4 is 43.5 Å². The normalized spacial score (nSPS) is 12.2. The molecule has 0 saturated heterocycles. The van der Waals surface area contributed by atoms with Gasteiger partial charge in [0.2, 0.25) is 11.8 Å². The number of benzene rings is 4. The molecule has 0 aromatic heterocycles. The van der Waals surface area contributed by atoms with E-state index in [9.17, 15) is 18.0 Å². The first kappa shape index (κ1) is 35.7. The van der Waals surface area contributed by atoms with E-state index < -0.39 is 34.1 Å². The smallest absolute Gasteiger partial charge is 0.264 e. The third-order valence-corrected chi connectivity index (χ3v) is 9.60. The van der Waals surface area contributed by atoms with Crippen molar-refractivity contribution < 1.29 is 22.7 Å². The van der Waals surface area contributed by atoms with E-state index in [0.29, 0.717) is 12.4 Å². The monoisotopic (exact) mass is 719 g/mol. The first-order valence-electron chi connectivity index (χ1n) is 15.5. The van der Waals surface area contributed by atoms with Crippen LogP contribution in [0.5, 0.6) is 5.75 Å². The minimum Gasteiger partial charge on any atom is -0.492 e. The van der Waals surface area contributed by atoms with Crippen molar-refractivity contribution in [2.24, 2.45) is 0 Å². The van der Waals surface area contributed by atoms with Gasteiger partial charge in [-0.3, -0.25) is 13.9 Å². The van der Waals surface area contributed by atoms with Gasteiger partial charge < -0.3 is 15.0 Å². The van der Waals surface area contributed by atoms with Gasteiger partial charge in [-0.25, -0.2) is 8.42 Å². The summed E-state index contributed by atoms with van der Waals surface area (Å²) in [5.74, 6) is -0.562. The lowest BCUT2D eigenvalue weighted by atomic mass is 10.0. The lowest BCUT2D eigenvalue weighted by molar-refractivity contribution is -0.140. The molecule has 0 bridgehead atoms. The highest BCUT2D eigenvalue weighted by Crippen LogP contribution is 2.33. The Hall–Kier alpha value is -4.15. The van der Waals surface area contributed by atoms with Crippen molar-refractivity contribution in [2.45, 2.75) is 64.1 Å². The Morgan fingerprint density at radius 1 is 0.872 bits per heavy atom. The van der Waals surface area contributed by atoms with Crippen LogP contribution in [0.15, 0.2) is 112 Å². The van der Waals surface area contributed by atoms with Gasteiger partial charge in [-0.1, -0.05) is 88.2 Å². The number of para-hydroxylation sites is 2. The van der Waals surface area contributed by atoms with E-state index in [1.807, 2.05) is 89.2 Å². The molecule has 248 valence electrons. The molecule has 10 heteroatoms. The first-order chi connectivity index (χ1) is 22.3. The molecule has 4 aromatic rings. The molecule has 0 aliphatic heterocycles. The van der Waals surface area contributed by atoms with Gasteiger partial charge >= 0.3 is 0 Å². The topological polar surface area (TPSA) is 96.0 Å². The van der Waals surface area contributed by atoms with Crippen LogP contribution in [0.1, 0.15) is 44.4 Å². The molecule has 8 nitrogen and oxygen atoms in total. The lowest BCUT2D eigenvalue weighted by Gasteiger charge is -2.35. The number of hydrogen-bond acceptors (Lipinski definition) is 5. The molecule has 0 unspecified atom stereocenters. The molecule has 0 aliphatic carbocycles. The van der Waals surface area contributed by atoms with Crippen LogP contribution in [0, 0.1) is 6.92 Å². The third kappa shape index (κ3) is 9.68. The van der Waals surface area contributed by atoms with Crippen LogP contribution in [-0.4, -0.2) is 49.9 Å². The van der Waals surface area contributed by atoms with E-state index in [1.54, 1.807) is 36.4 Å². The summed E-state index contributed by atoms with van der Waals surface area (Å²) in [7, 11) is -4.26. The Labute approximate surface area is 286 Å². The molecule has 1 atom stereocenters. The Morgan fingerprint density at radius 3 is 2.15 bits per heavy atom. The summed E-state index contributed by atoms with van der Waals surface area (Å²) in [5, 5.41) is 3.05. The number of halogens is 1. The predicted octanol–water partition coefficient (Wildman–Crippen LogP) is 6.91. The average molecular weight is 721 g/mol. The SMILES string of the molecule is CCOc1ccccc1N(CC(=O)N(Cc1cccc(Br)c1)[C@@H](Cc1ccccc1)C(=O)NC(C)(C)C)S(=O)(=O)c1ccc(C)cc1. The maximum atomic E-state index is 14.7. The molecule has 2 amide bonds. The first-order valence-corrected chi connectivity index (χ1v) is 17.7. The summed E-state index contributed by atoms with van der Waals surface area (Å²) < 4.78 is 36.5. The number of nitrogens with zero attached hydrogens (tertiary/aromatic N) is 2. The number of nitrogens with one attached hydrogen (secondary N) is 1. The standard InChI is InChI=1S/C37H42BrN3O5S/c1-6-46-34-18-11-10-17-32(34)41(47(44,45)31-21-19-27(2)20-22-31)26-35(42)40(25-29-15-12-16-30(38)23-29)33(36(43)39-37(3,4)5)24-28-13-8-7-9-14-28/h7-23,33H,6,24-26H2,1-5H3,(H,39,43)/t33-/m0/s1. The highest BCUT2D eigenvalue weighted by Gasteiger charge is 2.36. The van der Waals surface area contributed by atoms with Crippen LogP contribution in [0.2, 0.25) is 0 Å². The number of anilines is 1. The molecular formula is C37H42BrN3O5S. The van der Waals surface area contributed by atoms with Crippen molar-refractivity contribution in [3.05, 3.63) is 124 Å². The fourth-order valence-electron chi connectivity index (χ4n) is 5.13. The largest absolute Gasteiger partial charge is 0.492 e. The second kappa shape index (κ2) is 15.6. The highest BCUT2D eigenvalue weighted by atomic mass is 79.9. The summed E-state index contributed by atoms with van der Waals surface area (Å²) >= 11 is 3.52. The van der Waals surface area contributed by atoms with E-state index in [1.165, 1.54) is 17.0 Å². The number of sulfonamides is 1. The van der Waals surface area contributed by atoms with Gasteiger partial charge in [0.1, 0.15) is 18.3 Å². The van der Waals surface area contributed by atoms with Crippen LogP contribution in [-0.2, 0) is 32.6 Å². The van der Waals surface area contributed by atoms with Crippen LogP contribution in [0.25, 0.3) is 0 Å². The van der Waals surface area contributed by atoms with Gasteiger partial charge in [-0.05, 0) is 82.1 Å². The second-order valence-corrected chi connectivity index (χ2v) is 15.1. The summed E-state index contributed by atoms with van der Waals surface area (Å²) in [5.41, 5.74) is 2.18. The Balaban J connectivity index is 1.85. The number of hydrogen-bond donors (Lipinski definition) is 1. The van der Waals surface area contributed by atoms with Crippen LogP contribution in [0.4, 0.5) is 5.69 Å². The summed E-state index contributed by atoms with van der Waals surface area (Å²) in [6.07, 6.45) is 0.225.